The molecule has 1 saturated heterocycles. The third-order valence-corrected chi connectivity index (χ3v) is 3.00. The maximum atomic E-state index is 11.8. The highest BCUT2D eigenvalue weighted by atomic mass is 16.8. The van der Waals surface area contributed by atoms with Crippen molar-refractivity contribution in [2.45, 2.75) is 53.1 Å². The Labute approximate surface area is 130 Å². The molecule has 1 fully saturated rings. The molecule has 0 saturated carbocycles. The van der Waals surface area contributed by atoms with Gasteiger partial charge in [-0.25, -0.2) is 9.59 Å². The molecule has 124 valence electrons. The van der Waals surface area contributed by atoms with Crippen molar-refractivity contribution in [3.8, 4) is 0 Å². The Morgan fingerprint density at radius 3 is 2.45 bits per heavy atom. The van der Waals surface area contributed by atoms with Crippen LogP contribution in [0.25, 0.3) is 0 Å². The molecule has 1 rings (SSSR count). The van der Waals surface area contributed by atoms with Gasteiger partial charge < -0.3 is 14.3 Å². The number of rotatable bonds is 5. The van der Waals surface area contributed by atoms with Gasteiger partial charge in [0.15, 0.2) is 0 Å². The Bertz CT molecular complexity index is 449. The Balaban J connectivity index is 2.36. The summed E-state index contributed by atoms with van der Waals surface area (Å²) in [4.78, 5) is 39.6. The molecule has 0 N–H and O–H groups in total. The molecule has 1 aliphatic rings. The van der Waals surface area contributed by atoms with E-state index in [1.807, 2.05) is 20.8 Å². The van der Waals surface area contributed by atoms with Crippen molar-refractivity contribution in [3.63, 3.8) is 0 Å². The van der Waals surface area contributed by atoms with Gasteiger partial charge in [0.2, 0.25) is 6.10 Å². The SMILES string of the molecule is C=C1CCC(=O)N1OC(=O)C(C)OC(=O)OCCC(C)(C)C. The van der Waals surface area contributed by atoms with Crippen molar-refractivity contribution < 1.29 is 28.7 Å². The van der Waals surface area contributed by atoms with Gasteiger partial charge in [-0.2, -0.15) is 0 Å². The van der Waals surface area contributed by atoms with Crippen LogP contribution in [-0.4, -0.2) is 35.8 Å². The quantitative estimate of drug-likeness (QED) is 0.725. The van der Waals surface area contributed by atoms with Crippen LogP contribution in [0.2, 0.25) is 0 Å². The molecular weight excluding hydrogens is 290 g/mol. The molecule has 1 amide bonds. The first-order valence-electron chi connectivity index (χ1n) is 7.16. The van der Waals surface area contributed by atoms with E-state index in [0.717, 1.165) is 5.06 Å². The summed E-state index contributed by atoms with van der Waals surface area (Å²) >= 11 is 0. The van der Waals surface area contributed by atoms with Gasteiger partial charge in [-0.3, -0.25) is 4.79 Å². The number of ether oxygens (including phenoxy) is 2. The zero-order valence-electron chi connectivity index (χ0n) is 13.5. The Hall–Kier alpha value is -2.05. The lowest BCUT2D eigenvalue weighted by Gasteiger charge is -2.19. The summed E-state index contributed by atoms with van der Waals surface area (Å²) in [5, 5.41) is 0.840. The van der Waals surface area contributed by atoms with E-state index in [-0.39, 0.29) is 24.3 Å². The molecule has 7 heteroatoms. The highest BCUT2D eigenvalue weighted by Gasteiger charge is 2.31. The molecule has 22 heavy (non-hydrogen) atoms. The van der Waals surface area contributed by atoms with E-state index in [2.05, 4.69) is 6.58 Å². The van der Waals surface area contributed by atoms with Gasteiger partial charge in [0.25, 0.3) is 5.91 Å². The molecular formula is C15H23NO6. The normalized spacial score (nSPS) is 16.5. The number of hydrogen-bond donors (Lipinski definition) is 0. The molecule has 0 aromatic heterocycles. The molecule has 1 aliphatic heterocycles. The van der Waals surface area contributed by atoms with Crippen LogP contribution in [0.15, 0.2) is 12.3 Å². The number of nitrogens with zero attached hydrogens (tertiary/aromatic N) is 1. The summed E-state index contributed by atoms with van der Waals surface area (Å²) in [6.07, 6.45) is -0.765. The summed E-state index contributed by atoms with van der Waals surface area (Å²) in [7, 11) is 0. The van der Waals surface area contributed by atoms with E-state index < -0.39 is 18.2 Å². The number of hydroxylamine groups is 2. The topological polar surface area (TPSA) is 82.1 Å². The van der Waals surface area contributed by atoms with Crippen molar-refractivity contribution in [2.24, 2.45) is 5.41 Å². The van der Waals surface area contributed by atoms with Crippen molar-refractivity contribution in [2.75, 3.05) is 6.61 Å². The number of allylic oxidation sites excluding steroid dienone is 1. The van der Waals surface area contributed by atoms with E-state index in [0.29, 0.717) is 18.5 Å². The van der Waals surface area contributed by atoms with Crippen LogP contribution < -0.4 is 0 Å². The number of hydrogen-bond acceptors (Lipinski definition) is 6. The zero-order valence-corrected chi connectivity index (χ0v) is 13.5. The van der Waals surface area contributed by atoms with Crippen molar-refractivity contribution in [3.05, 3.63) is 12.3 Å². The molecule has 0 spiro atoms. The van der Waals surface area contributed by atoms with Crippen LogP contribution in [0.3, 0.4) is 0 Å². The molecule has 0 radical (unpaired) electrons. The average Bonchev–Trinajstić information content (AvgIpc) is 2.68. The molecule has 0 bridgehead atoms. The second kappa shape index (κ2) is 7.29. The van der Waals surface area contributed by atoms with Crippen molar-refractivity contribution in [1.29, 1.82) is 0 Å². The van der Waals surface area contributed by atoms with Gasteiger partial charge >= 0.3 is 12.1 Å². The Kier molecular flexibility index (Phi) is 5.96. The predicted octanol–water partition coefficient (Wildman–Crippen LogP) is 2.56. The molecule has 0 aromatic carbocycles. The fourth-order valence-electron chi connectivity index (χ4n) is 1.58. The van der Waals surface area contributed by atoms with Crippen LogP contribution in [-0.2, 0) is 23.9 Å². The van der Waals surface area contributed by atoms with Crippen molar-refractivity contribution in [1.82, 2.24) is 5.06 Å². The van der Waals surface area contributed by atoms with Gasteiger partial charge in [-0.15, -0.1) is 5.06 Å². The molecule has 1 atom stereocenters. The van der Waals surface area contributed by atoms with E-state index in [1.165, 1.54) is 6.92 Å². The standard InChI is InChI=1S/C15H23NO6/c1-10-6-7-12(17)16(10)22-13(18)11(2)21-14(19)20-9-8-15(3,4)5/h11H,1,6-9H2,2-5H3. The lowest BCUT2D eigenvalue weighted by Crippen LogP contribution is -2.34. The number of amides is 1. The maximum absolute atomic E-state index is 11.8. The van der Waals surface area contributed by atoms with Gasteiger partial charge in [0.1, 0.15) is 0 Å². The maximum Gasteiger partial charge on any atom is 0.509 e. The Morgan fingerprint density at radius 1 is 1.32 bits per heavy atom. The smallest absolute Gasteiger partial charge is 0.434 e. The minimum absolute atomic E-state index is 0.0291. The summed E-state index contributed by atoms with van der Waals surface area (Å²) in [6.45, 7) is 11.2. The first-order valence-corrected chi connectivity index (χ1v) is 7.16. The minimum Gasteiger partial charge on any atom is -0.434 e. The highest BCUT2D eigenvalue weighted by Crippen LogP contribution is 2.21. The summed E-state index contributed by atoms with van der Waals surface area (Å²) in [5.41, 5.74) is 0.430. The first kappa shape index (κ1) is 18.0. The fraction of sp³-hybridized carbons (Fsp3) is 0.667. The molecule has 1 unspecified atom stereocenters. The van der Waals surface area contributed by atoms with Gasteiger partial charge in [-0.05, 0) is 25.2 Å². The Morgan fingerprint density at radius 2 is 1.95 bits per heavy atom. The van der Waals surface area contributed by atoms with E-state index in [1.54, 1.807) is 0 Å². The lowest BCUT2D eigenvalue weighted by atomic mass is 9.93. The second-order valence-corrected chi connectivity index (χ2v) is 6.33. The van der Waals surface area contributed by atoms with E-state index in [4.69, 9.17) is 14.3 Å². The molecule has 0 aromatic rings. The third kappa shape index (κ3) is 5.75. The third-order valence-electron chi connectivity index (χ3n) is 3.00. The molecule has 1 heterocycles. The zero-order chi connectivity index (χ0) is 16.9. The number of carbonyl (C=O) groups is 3. The van der Waals surface area contributed by atoms with Crippen LogP contribution in [0.5, 0.6) is 0 Å². The predicted molar refractivity (Wildman–Crippen MR) is 77.3 cm³/mol. The van der Waals surface area contributed by atoms with Crippen LogP contribution in [0.4, 0.5) is 4.79 Å². The molecule has 7 nitrogen and oxygen atoms in total. The van der Waals surface area contributed by atoms with Gasteiger partial charge in [-0.1, -0.05) is 27.4 Å². The fourth-order valence-corrected chi connectivity index (χ4v) is 1.58. The largest absolute Gasteiger partial charge is 0.509 e. The summed E-state index contributed by atoms with van der Waals surface area (Å²) in [6, 6.07) is 0. The summed E-state index contributed by atoms with van der Waals surface area (Å²) < 4.78 is 9.69. The van der Waals surface area contributed by atoms with Crippen LogP contribution in [0.1, 0.15) is 47.0 Å². The van der Waals surface area contributed by atoms with Crippen molar-refractivity contribution >= 4 is 18.0 Å². The number of carbonyl (C=O) groups excluding carboxylic acids is 3. The first-order chi connectivity index (χ1) is 10.1. The van der Waals surface area contributed by atoms with E-state index >= 15 is 0 Å². The monoisotopic (exact) mass is 313 g/mol. The van der Waals surface area contributed by atoms with Gasteiger partial charge in [0.05, 0.1) is 12.3 Å². The minimum atomic E-state index is -1.18. The van der Waals surface area contributed by atoms with Crippen LogP contribution >= 0.6 is 0 Å². The van der Waals surface area contributed by atoms with E-state index in [9.17, 15) is 14.4 Å². The van der Waals surface area contributed by atoms with Gasteiger partial charge in [0, 0.05) is 6.42 Å². The highest BCUT2D eigenvalue weighted by molar-refractivity contribution is 5.83. The lowest BCUT2D eigenvalue weighted by molar-refractivity contribution is -0.194. The van der Waals surface area contributed by atoms with Crippen LogP contribution in [0, 0.1) is 5.41 Å². The second-order valence-electron chi connectivity index (χ2n) is 6.33. The molecule has 0 aliphatic carbocycles. The summed E-state index contributed by atoms with van der Waals surface area (Å²) in [5.74, 6) is -1.21. The average molecular weight is 313 g/mol.